The van der Waals surface area contributed by atoms with E-state index in [1.165, 1.54) is 16.2 Å². The van der Waals surface area contributed by atoms with Gasteiger partial charge < -0.3 is 25.6 Å². The van der Waals surface area contributed by atoms with Gasteiger partial charge in [-0.15, -0.1) is 11.3 Å². The fourth-order valence-electron chi connectivity index (χ4n) is 6.60. The normalized spacial score (nSPS) is 28.0. The fourth-order valence-corrected chi connectivity index (χ4v) is 8.98. The molecular weight excluding hydrogens is 720 g/mol. The van der Waals surface area contributed by atoms with Crippen molar-refractivity contribution in [3.8, 4) is 0 Å². The predicted molar refractivity (Wildman–Crippen MR) is 190 cm³/mol. The van der Waals surface area contributed by atoms with Gasteiger partial charge in [-0.2, -0.15) is 0 Å². The van der Waals surface area contributed by atoms with Crippen molar-refractivity contribution in [2.75, 3.05) is 6.54 Å². The molecule has 0 spiro atoms. The van der Waals surface area contributed by atoms with Crippen LogP contribution in [-0.4, -0.2) is 89.1 Å². The van der Waals surface area contributed by atoms with Crippen LogP contribution in [0.4, 0.5) is 4.79 Å². The first-order chi connectivity index (χ1) is 24.0. The predicted octanol–water partition coefficient (Wildman–Crippen LogP) is 3.55. The van der Waals surface area contributed by atoms with Crippen molar-refractivity contribution in [2.24, 2.45) is 5.92 Å². The number of allylic oxidation sites excluding steroid dienone is 1. The van der Waals surface area contributed by atoms with Crippen LogP contribution in [-0.2, 0) is 29.1 Å². The summed E-state index contributed by atoms with van der Waals surface area (Å²) in [6.07, 6.45) is 7.16. The number of carbonyl (C=O) groups excluding carboxylic acids is 5. The molecule has 2 aliphatic carbocycles. The zero-order valence-corrected chi connectivity index (χ0v) is 31.1. The first-order valence-corrected chi connectivity index (χ1v) is 20.0. The Morgan fingerprint density at radius 1 is 1.10 bits per heavy atom. The highest BCUT2D eigenvalue weighted by Gasteiger charge is 2.62. The quantitative estimate of drug-likeness (QED) is 0.319. The molecule has 5 atom stereocenters. The van der Waals surface area contributed by atoms with Gasteiger partial charge in [-0.1, -0.05) is 36.6 Å². The minimum atomic E-state index is -3.90. The molecule has 2 aliphatic heterocycles. The molecule has 1 aromatic heterocycles. The molecule has 3 fully saturated rings. The first kappa shape index (κ1) is 37.0. The smallest absolute Gasteiger partial charge is 0.408 e. The molecule has 4 N–H and O–H groups in total. The third-order valence-electron chi connectivity index (χ3n) is 9.45. The Hall–Kier alpha value is -3.76. The molecule has 51 heavy (non-hydrogen) atoms. The van der Waals surface area contributed by atoms with Crippen molar-refractivity contribution in [2.45, 2.75) is 113 Å². The minimum absolute atomic E-state index is 0.00221. The van der Waals surface area contributed by atoms with Crippen molar-refractivity contribution in [3.63, 3.8) is 0 Å². The van der Waals surface area contributed by atoms with E-state index in [0.717, 1.165) is 17.5 Å². The third-order valence-corrected chi connectivity index (χ3v) is 12.5. The molecule has 4 aliphatic rings. The maximum Gasteiger partial charge on any atom is 0.408 e. The number of fused-ring (bicyclic) bond motifs is 3. The van der Waals surface area contributed by atoms with Crippen molar-refractivity contribution in [1.29, 1.82) is 0 Å². The summed E-state index contributed by atoms with van der Waals surface area (Å²) in [6.45, 7) is 5.06. The number of nitrogens with one attached hydrogen (secondary N) is 4. The summed E-state index contributed by atoms with van der Waals surface area (Å²) in [5.74, 6) is -2.97. The van der Waals surface area contributed by atoms with Gasteiger partial charge in [0.15, 0.2) is 5.01 Å². The molecule has 0 radical (unpaired) electrons. The summed E-state index contributed by atoms with van der Waals surface area (Å²) in [4.78, 5) is 74.1. The number of alkyl carbamates (subject to hydrolysis) is 1. The molecule has 17 heteroatoms. The number of nitrogens with zero attached hydrogens (tertiary/aromatic N) is 2. The van der Waals surface area contributed by atoms with Gasteiger partial charge in [-0.25, -0.2) is 18.2 Å². The van der Waals surface area contributed by atoms with E-state index in [4.69, 9.17) is 16.3 Å². The Labute approximate surface area is 305 Å². The molecule has 14 nitrogen and oxygen atoms in total. The minimum Gasteiger partial charge on any atom is -0.444 e. The molecule has 5 amide bonds. The van der Waals surface area contributed by atoms with Crippen LogP contribution >= 0.6 is 22.9 Å². The van der Waals surface area contributed by atoms with Crippen LogP contribution in [0.5, 0.6) is 0 Å². The fraction of sp³-hybridized carbons (Fsp3) is 0.588. The number of ether oxygens (including phenoxy) is 1. The number of aromatic nitrogens is 1. The largest absolute Gasteiger partial charge is 0.444 e. The Morgan fingerprint density at radius 3 is 2.59 bits per heavy atom. The first-order valence-electron chi connectivity index (χ1n) is 17.3. The SMILES string of the molecule is CC(C)(C)OC(=O)N[C@H]1CCCCC/C=C\[C@@H]2C[C@@]2(C(=O)NS(=O)(=O)C2CC2)NC(=O)[C@@H]2C[C@@H](NC(=O)c3nc4cc(Cl)ccc4s3)CN2C1=O. The van der Waals surface area contributed by atoms with Crippen LogP contribution in [0.15, 0.2) is 30.4 Å². The van der Waals surface area contributed by atoms with Crippen LogP contribution in [0.3, 0.4) is 0 Å². The molecule has 2 aromatic rings. The average molecular weight is 763 g/mol. The maximum absolute atomic E-state index is 14.3. The van der Waals surface area contributed by atoms with Gasteiger partial charge in [-0.3, -0.25) is 23.9 Å². The van der Waals surface area contributed by atoms with Gasteiger partial charge in [0.1, 0.15) is 23.2 Å². The number of amides is 5. The summed E-state index contributed by atoms with van der Waals surface area (Å²) in [6, 6.07) is 2.24. The molecule has 276 valence electrons. The van der Waals surface area contributed by atoms with Crippen LogP contribution in [0, 0.1) is 5.92 Å². The summed E-state index contributed by atoms with van der Waals surface area (Å²) >= 11 is 7.27. The number of hydrogen-bond donors (Lipinski definition) is 4. The maximum atomic E-state index is 14.3. The lowest BCUT2D eigenvalue weighted by Gasteiger charge is -2.30. The number of halogens is 1. The summed E-state index contributed by atoms with van der Waals surface area (Å²) in [7, 11) is -3.90. The van der Waals surface area contributed by atoms with Crippen molar-refractivity contribution in [3.05, 3.63) is 40.4 Å². The van der Waals surface area contributed by atoms with Crippen molar-refractivity contribution in [1.82, 2.24) is 30.6 Å². The number of rotatable bonds is 6. The zero-order valence-electron chi connectivity index (χ0n) is 28.7. The van der Waals surface area contributed by atoms with Crippen LogP contribution in [0.25, 0.3) is 10.2 Å². The van der Waals surface area contributed by atoms with Gasteiger partial charge in [0.25, 0.3) is 11.8 Å². The molecule has 1 aromatic carbocycles. The van der Waals surface area contributed by atoms with Gasteiger partial charge in [-0.05, 0) is 83.9 Å². The number of thiazole rings is 1. The molecule has 1 saturated heterocycles. The van der Waals surface area contributed by atoms with Gasteiger partial charge >= 0.3 is 6.09 Å². The average Bonchev–Trinajstić information content (AvgIpc) is 3.93. The molecule has 0 bridgehead atoms. The summed E-state index contributed by atoms with van der Waals surface area (Å²) in [5.41, 5.74) is -1.79. The number of hydrogen-bond acceptors (Lipinski definition) is 10. The topological polar surface area (TPSA) is 193 Å². The monoisotopic (exact) mass is 762 g/mol. The highest BCUT2D eigenvalue weighted by molar-refractivity contribution is 7.91. The molecular formula is C34H43ClN6O8S2. The van der Waals surface area contributed by atoms with E-state index in [2.05, 4.69) is 25.7 Å². The number of carbonyl (C=O) groups is 5. The third kappa shape index (κ3) is 8.66. The summed E-state index contributed by atoms with van der Waals surface area (Å²) in [5, 5.41) is 8.43. The van der Waals surface area contributed by atoms with E-state index in [-0.39, 0.29) is 30.8 Å². The van der Waals surface area contributed by atoms with Crippen LogP contribution in [0.1, 0.15) is 88.4 Å². The second-order valence-electron chi connectivity index (χ2n) is 14.8. The lowest BCUT2D eigenvalue weighted by molar-refractivity contribution is -0.141. The van der Waals surface area contributed by atoms with Gasteiger partial charge in [0.05, 0.1) is 15.5 Å². The zero-order chi connectivity index (χ0) is 36.7. The van der Waals surface area contributed by atoms with Gasteiger partial charge in [0, 0.05) is 23.5 Å². The van der Waals surface area contributed by atoms with E-state index in [9.17, 15) is 32.4 Å². The molecule has 6 rings (SSSR count). The lowest BCUT2D eigenvalue weighted by atomic mass is 10.0. The Bertz CT molecular complexity index is 1870. The Kier molecular flexibility index (Phi) is 10.4. The van der Waals surface area contributed by atoms with E-state index in [0.29, 0.717) is 36.2 Å². The Balaban J connectivity index is 1.27. The molecule has 2 saturated carbocycles. The van der Waals surface area contributed by atoms with E-state index in [1.807, 2.05) is 12.2 Å². The Morgan fingerprint density at radius 2 is 1.86 bits per heavy atom. The number of benzene rings is 1. The van der Waals surface area contributed by atoms with E-state index >= 15 is 0 Å². The molecule has 3 heterocycles. The van der Waals surface area contributed by atoms with Crippen LogP contribution in [0.2, 0.25) is 5.02 Å². The van der Waals surface area contributed by atoms with Crippen molar-refractivity contribution >= 4 is 72.9 Å². The highest BCUT2D eigenvalue weighted by atomic mass is 35.5. The van der Waals surface area contributed by atoms with Crippen LogP contribution < -0.4 is 20.7 Å². The number of sulfonamides is 1. The molecule has 0 unspecified atom stereocenters. The lowest BCUT2D eigenvalue weighted by Crippen LogP contribution is -2.58. The van der Waals surface area contributed by atoms with E-state index < -0.39 is 80.2 Å². The van der Waals surface area contributed by atoms with Crippen molar-refractivity contribution < 1.29 is 37.1 Å². The second kappa shape index (κ2) is 14.3. The van der Waals surface area contributed by atoms with Gasteiger partial charge in [0.2, 0.25) is 21.8 Å². The standard InChI is InChI=1S/C34H43ClN6O8S2/c1-33(2,3)49-32(46)38-23-10-8-6-4-5-7-9-19-17-34(19,31(45)40-51(47,48)22-12-13-22)39-27(42)25-16-21(18-41(25)30(23)44)36-28(43)29-37-24-15-20(35)11-14-26(24)50-29/h7,9,11,14-15,19,21-23,25H,4-6,8,10,12-13,16-18H2,1-3H3,(H,36,43)(H,38,46)(H,39,42)(H,40,45)/b9-7-/t19-,21-,23+,25+,34-/m1/s1. The highest BCUT2D eigenvalue weighted by Crippen LogP contribution is 2.46. The second-order valence-corrected chi connectivity index (χ2v) is 18.2. The summed E-state index contributed by atoms with van der Waals surface area (Å²) < 4.78 is 33.9. The van der Waals surface area contributed by atoms with E-state index in [1.54, 1.807) is 39.0 Å².